The van der Waals surface area contributed by atoms with E-state index in [1.54, 1.807) is 12.1 Å². The Morgan fingerprint density at radius 1 is 0.882 bits per heavy atom. The molecule has 0 saturated carbocycles. The fourth-order valence-electron chi connectivity index (χ4n) is 1.62. The molecule has 0 aliphatic heterocycles. The summed E-state index contributed by atoms with van der Waals surface area (Å²) in [4.78, 5) is 0. The van der Waals surface area contributed by atoms with Crippen LogP contribution in [0.15, 0.2) is 51.4 Å². The van der Waals surface area contributed by atoms with E-state index in [0.717, 1.165) is 20.1 Å². The molecule has 2 rings (SSSR count). The molecule has 1 nitrogen and oxygen atoms in total. The quantitative estimate of drug-likeness (QED) is 0.845. The van der Waals surface area contributed by atoms with Gasteiger partial charge in [0.1, 0.15) is 5.82 Å². The molecule has 0 bridgehead atoms. The van der Waals surface area contributed by atoms with Gasteiger partial charge in [-0.25, -0.2) is 4.39 Å². The third-order valence-electron chi connectivity index (χ3n) is 2.47. The minimum atomic E-state index is -0.260. The molecule has 1 unspecified atom stereocenters. The molecular formula is C13H10Br2FN. The monoisotopic (exact) mass is 357 g/mol. The van der Waals surface area contributed by atoms with Gasteiger partial charge < -0.3 is 5.73 Å². The molecule has 2 N–H and O–H groups in total. The lowest BCUT2D eigenvalue weighted by Crippen LogP contribution is -2.11. The second-order valence-corrected chi connectivity index (χ2v) is 5.56. The van der Waals surface area contributed by atoms with E-state index >= 15 is 0 Å². The Bertz CT molecular complexity index is 505. The van der Waals surface area contributed by atoms with Gasteiger partial charge >= 0.3 is 0 Å². The molecule has 2 aromatic carbocycles. The molecule has 2 aromatic rings. The van der Waals surface area contributed by atoms with Crippen LogP contribution in [0, 0.1) is 5.82 Å². The summed E-state index contributed by atoms with van der Waals surface area (Å²) in [6, 6.07) is 11.8. The molecule has 0 amide bonds. The lowest BCUT2D eigenvalue weighted by Gasteiger charge is -2.13. The first-order valence-electron chi connectivity index (χ1n) is 5.03. The van der Waals surface area contributed by atoms with Crippen LogP contribution in [-0.2, 0) is 0 Å². The van der Waals surface area contributed by atoms with Gasteiger partial charge in [0.2, 0.25) is 0 Å². The zero-order valence-electron chi connectivity index (χ0n) is 8.83. The van der Waals surface area contributed by atoms with Crippen LogP contribution in [0.3, 0.4) is 0 Å². The lowest BCUT2D eigenvalue weighted by molar-refractivity contribution is 0.626. The maximum Gasteiger partial charge on any atom is 0.123 e. The van der Waals surface area contributed by atoms with Crippen molar-refractivity contribution in [2.75, 3.05) is 0 Å². The topological polar surface area (TPSA) is 26.0 Å². The van der Waals surface area contributed by atoms with Crippen molar-refractivity contribution in [3.63, 3.8) is 0 Å². The van der Waals surface area contributed by atoms with Crippen LogP contribution in [0.25, 0.3) is 0 Å². The molecule has 0 aromatic heterocycles. The van der Waals surface area contributed by atoms with Crippen LogP contribution in [-0.4, -0.2) is 0 Å². The zero-order valence-corrected chi connectivity index (χ0v) is 12.0. The lowest BCUT2D eigenvalue weighted by atomic mass is 10.00. The summed E-state index contributed by atoms with van der Waals surface area (Å²) in [5.41, 5.74) is 8.00. The normalized spacial score (nSPS) is 12.5. The Morgan fingerprint density at radius 2 is 1.41 bits per heavy atom. The van der Waals surface area contributed by atoms with Crippen LogP contribution >= 0.6 is 31.9 Å². The molecule has 0 aliphatic rings. The number of halogens is 3. The molecule has 0 fully saturated rings. The average molecular weight is 359 g/mol. The number of hydrogen-bond acceptors (Lipinski definition) is 1. The van der Waals surface area contributed by atoms with E-state index in [9.17, 15) is 4.39 Å². The molecule has 4 heteroatoms. The second-order valence-electron chi connectivity index (χ2n) is 3.73. The van der Waals surface area contributed by atoms with Crippen LogP contribution in [0.5, 0.6) is 0 Å². The minimum absolute atomic E-state index is 0.253. The molecular weight excluding hydrogens is 349 g/mol. The summed E-state index contributed by atoms with van der Waals surface area (Å²) in [6.07, 6.45) is 0. The van der Waals surface area contributed by atoms with Gasteiger partial charge in [0.05, 0.1) is 6.04 Å². The molecule has 0 spiro atoms. The number of hydrogen-bond donors (Lipinski definition) is 1. The van der Waals surface area contributed by atoms with E-state index in [1.165, 1.54) is 12.1 Å². The molecule has 0 radical (unpaired) electrons. The molecule has 17 heavy (non-hydrogen) atoms. The summed E-state index contributed by atoms with van der Waals surface area (Å²) in [6.45, 7) is 0. The van der Waals surface area contributed by atoms with E-state index in [4.69, 9.17) is 5.73 Å². The molecule has 88 valence electrons. The summed E-state index contributed by atoms with van der Waals surface area (Å²) in [5.74, 6) is -0.253. The zero-order chi connectivity index (χ0) is 12.4. The van der Waals surface area contributed by atoms with Gasteiger partial charge in [-0.1, -0.05) is 44.0 Å². The van der Waals surface area contributed by atoms with Crippen molar-refractivity contribution in [2.45, 2.75) is 6.04 Å². The average Bonchev–Trinajstić information content (AvgIpc) is 2.28. The molecule has 1 atom stereocenters. The molecule has 0 heterocycles. The predicted molar refractivity (Wildman–Crippen MR) is 74.3 cm³/mol. The maximum absolute atomic E-state index is 12.8. The highest BCUT2D eigenvalue weighted by Gasteiger charge is 2.10. The number of rotatable bonds is 2. The first kappa shape index (κ1) is 12.7. The largest absolute Gasteiger partial charge is 0.320 e. The fourth-order valence-corrected chi connectivity index (χ4v) is 2.95. The maximum atomic E-state index is 12.8. The standard InChI is InChI=1S/C13H10Br2FN/c14-10-5-9(6-11(15)7-10)13(17)8-1-3-12(16)4-2-8/h1-7,13H,17H2. The van der Waals surface area contributed by atoms with Gasteiger partial charge in [-0.05, 0) is 41.5 Å². The molecule has 0 saturated heterocycles. The van der Waals surface area contributed by atoms with E-state index in [-0.39, 0.29) is 11.9 Å². The summed E-state index contributed by atoms with van der Waals surface area (Å²) in [7, 11) is 0. The highest BCUT2D eigenvalue weighted by Crippen LogP contribution is 2.26. The number of benzene rings is 2. The van der Waals surface area contributed by atoms with Crippen LogP contribution in [0.2, 0.25) is 0 Å². The summed E-state index contributed by atoms with van der Waals surface area (Å²) >= 11 is 6.84. The third kappa shape index (κ3) is 3.15. The van der Waals surface area contributed by atoms with Crippen molar-refractivity contribution in [3.05, 3.63) is 68.4 Å². The van der Waals surface area contributed by atoms with Crippen molar-refractivity contribution < 1.29 is 4.39 Å². The Kier molecular flexibility index (Phi) is 3.97. The van der Waals surface area contributed by atoms with E-state index in [0.29, 0.717) is 0 Å². The van der Waals surface area contributed by atoms with Gasteiger partial charge in [-0.3, -0.25) is 0 Å². The predicted octanol–water partition coefficient (Wildman–Crippen LogP) is 4.40. The fraction of sp³-hybridized carbons (Fsp3) is 0.0769. The van der Waals surface area contributed by atoms with Gasteiger partial charge in [0, 0.05) is 8.95 Å². The van der Waals surface area contributed by atoms with E-state index in [1.807, 2.05) is 18.2 Å². The second kappa shape index (κ2) is 5.29. The minimum Gasteiger partial charge on any atom is -0.320 e. The number of nitrogens with two attached hydrogens (primary N) is 1. The van der Waals surface area contributed by atoms with Crippen LogP contribution in [0.1, 0.15) is 17.2 Å². The molecule has 0 aliphatic carbocycles. The summed E-state index contributed by atoms with van der Waals surface area (Å²) < 4.78 is 14.7. The smallest absolute Gasteiger partial charge is 0.123 e. The SMILES string of the molecule is NC(c1ccc(F)cc1)c1cc(Br)cc(Br)c1. The third-order valence-corrected chi connectivity index (χ3v) is 3.39. The van der Waals surface area contributed by atoms with Gasteiger partial charge in [-0.15, -0.1) is 0 Å². The van der Waals surface area contributed by atoms with Crippen molar-refractivity contribution in [1.82, 2.24) is 0 Å². The van der Waals surface area contributed by atoms with Crippen molar-refractivity contribution in [3.8, 4) is 0 Å². The Labute approximate surface area is 116 Å². The van der Waals surface area contributed by atoms with Gasteiger partial charge in [-0.2, -0.15) is 0 Å². The van der Waals surface area contributed by atoms with Gasteiger partial charge in [0.25, 0.3) is 0 Å². The first-order valence-corrected chi connectivity index (χ1v) is 6.62. The highest BCUT2D eigenvalue weighted by molar-refractivity contribution is 9.11. The summed E-state index contributed by atoms with van der Waals surface area (Å²) in [5, 5.41) is 0. The Balaban J connectivity index is 2.36. The Hall–Kier alpha value is -0.710. The van der Waals surface area contributed by atoms with E-state index < -0.39 is 0 Å². The van der Waals surface area contributed by atoms with Crippen LogP contribution < -0.4 is 5.73 Å². The van der Waals surface area contributed by atoms with Gasteiger partial charge in [0.15, 0.2) is 0 Å². The first-order chi connectivity index (χ1) is 8.06. The van der Waals surface area contributed by atoms with Crippen LogP contribution in [0.4, 0.5) is 4.39 Å². The van der Waals surface area contributed by atoms with Crippen molar-refractivity contribution >= 4 is 31.9 Å². The highest BCUT2D eigenvalue weighted by atomic mass is 79.9. The Morgan fingerprint density at radius 3 is 1.94 bits per heavy atom. The van der Waals surface area contributed by atoms with Crippen molar-refractivity contribution in [1.29, 1.82) is 0 Å². The van der Waals surface area contributed by atoms with E-state index in [2.05, 4.69) is 31.9 Å². The van der Waals surface area contributed by atoms with Crippen molar-refractivity contribution in [2.24, 2.45) is 5.73 Å².